The molecule has 0 spiro atoms. The third-order valence-electron chi connectivity index (χ3n) is 4.19. The number of carbonyl (C=O) groups excluding carboxylic acids is 2. The zero-order valence-electron chi connectivity index (χ0n) is 17.0. The van der Waals surface area contributed by atoms with Crippen LogP contribution in [0.25, 0.3) is 0 Å². The van der Waals surface area contributed by atoms with Crippen LogP contribution >= 0.6 is 31.9 Å². The molecule has 2 amide bonds. The van der Waals surface area contributed by atoms with Crippen LogP contribution in [0.1, 0.15) is 18.9 Å². The fourth-order valence-electron chi connectivity index (χ4n) is 2.67. The van der Waals surface area contributed by atoms with Gasteiger partial charge in [-0.1, -0.05) is 15.9 Å². The van der Waals surface area contributed by atoms with Gasteiger partial charge in [-0.3, -0.25) is 9.59 Å². The Morgan fingerprint density at radius 2 is 1.81 bits per heavy atom. The van der Waals surface area contributed by atoms with Gasteiger partial charge in [-0.05, 0) is 59.6 Å². The highest BCUT2D eigenvalue weighted by Gasteiger charge is 2.13. The van der Waals surface area contributed by atoms with Gasteiger partial charge in [0.15, 0.2) is 18.1 Å². The highest BCUT2D eigenvalue weighted by molar-refractivity contribution is 9.11. The number of ether oxygens (including phenoxy) is 3. The number of rotatable bonds is 7. The summed E-state index contributed by atoms with van der Waals surface area (Å²) in [6.07, 6.45) is 0.0209. The van der Waals surface area contributed by atoms with Crippen LogP contribution in [0.4, 0.5) is 5.69 Å². The second-order valence-corrected chi connectivity index (χ2v) is 8.49. The molecule has 1 aliphatic heterocycles. The predicted molar refractivity (Wildman–Crippen MR) is 124 cm³/mol. The number of halogens is 2. The maximum atomic E-state index is 12.2. The molecule has 0 saturated heterocycles. The molecule has 10 heteroatoms. The van der Waals surface area contributed by atoms with Gasteiger partial charge in [0.2, 0.25) is 5.91 Å². The van der Waals surface area contributed by atoms with Crippen LogP contribution in [0.3, 0.4) is 0 Å². The molecule has 164 valence electrons. The predicted octanol–water partition coefficient (Wildman–Crippen LogP) is 4.19. The van der Waals surface area contributed by atoms with E-state index in [0.717, 1.165) is 14.5 Å². The first kappa shape index (κ1) is 23.1. The largest absolute Gasteiger partial charge is 0.486 e. The van der Waals surface area contributed by atoms with E-state index in [1.165, 1.54) is 0 Å². The first-order chi connectivity index (χ1) is 14.8. The van der Waals surface area contributed by atoms with Gasteiger partial charge < -0.3 is 19.5 Å². The first-order valence-electron chi connectivity index (χ1n) is 9.42. The van der Waals surface area contributed by atoms with Crippen LogP contribution in [0.5, 0.6) is 17.2 Å². The number of hydrazone groups is 1. The van der Waals surface area contributed by atoms with Gasteiger partial charge in [0.05, 0.1) is 10.9 Å². The van der Waals surface area contributed by atoms with Crippen molar-refractivity contribution in [2.24, 2.45) is 5.10 Å². The summed E-state index contributed by atoms with van der Waals surface area (Å²) in [5, 5.41) is 6.73. The van der Waals surface area contributed by atoms with Crippen molar-refractivity contribution in [3.63, 3.8) is 0 Å². The van der Waals surface area contributed by atoms with E-state index >= 15 is 0 Å². The molecule has 1 heterocycles. The van der Waals surface area contributed by atoms with E-state index in [4.69, 9.17) is 14.2 Å². The van der Waals surface area contributed by atoms with Gasteiger partial charge >= 0.3 is 0 Å². The number of hydrogen-bond donors (Lipinski definition) is 2. The molecule has 2 aromatic carbocycles. The molecule has 0 radical (unpaired) electrons. The fraction of sp³-hybridized carbons (Fsp3) is 0.286. The van der Waals surface area contributed by atoms with E-state index in [2.05, 4.69) is 47.7 Å². The van der Waals surface area contributed by atoms with Crippen molar-refractivity contribution in [1.82, 2.24) is 5.43 Å². The van der Waals surface area contributed by atoms with Crippen LogP contribution in [-0.2, 0) is 9.59 Å². The minimum atomic E-state index is -0.431. The number of amides is 2. The maximum Gasteiger partial charge on any atom is 0.277 e. The van der Waals surface area contributed by atoms with Crippen molar-refractivity contribution in [3.8, 4) is 17.2 Å². The van der Waals surface area contributed by atoms with Crippen molar-refractivity contribution < 1.29 is 23.8 Å². The van der Waals surface area contributed by atoms with E-state index in [9.17, 15) is 9.59 Å². The van der Waals surface area contributed by atoms with Gasteiger partial charge in [0.25, 0.3) is 5.91 Å². The second kappa shape index (κ2) is 10.6. The number of hydrogen-bond acceptors (Lipinski definition) is 6. The van der Waals surface area contributed by atoms with Gasteiger partial charge in [-0.25, -0.2) is 5.43 Å². The summed E-state index contributed by atoms with van der Waals surface area (Å²) < 4.78 is 18.1. The lowest BCUT2D eigenvalue weighted by atomic mass is 10.2. The molecule has 0 atom stereocenters. The van der Waals surface area contributed by atoms with E-state index in [1.807, 2.05) is 19.1 Å². The summed E-state index contributed by atoms with van der Waals surface area (Å²) in [6.45, 7) is 4.34. The van der Waals surface area contributed by atoms with Crippen LogP contribution in [0.15, 0.2) is 44.4 Å². The van der Waals surface area contributed by atoms with Crippen molar-refractivity contribution in [2.75, 3.05) is 25.1 Å². The second-order valence-electron chi connectivity index (χ2n) is 6.79. The molecule has 2 aromatic rings. The van der Waals surface area contributed by atoms with E-state index in [1.54, 1.807) is 25.1 Å². The summed E-state index contributed by atoms with van der Waals surface area (Å²) in [7, 11) is 0. The average molecular weight is 555 g/mol. The molecule has 31 heavy (non-hydrogen) atoms. The molecular formula is C21H21Br2N3O5. The minimum absolute atomic E-state index is 0.0209. The average Bonchev–Trinajstić information content (AvgIpc) is 2.73. The molecule has 0 saturated carbocycles. The first-order valence-corrected chi connectivity index (χ1v) is 11.0. The molecule has 0 unspecified atom stereocenters. The third-order valence-corrected chi connectivity index (χ3v) is 5.66. The Morgan fingerprint density at radius 1 is 1.06 bits per heavy atom. The molecule has 3 rings (SSSR count). The molecule has 0 bridgehead atoms. The van der Waals surface area contributed by atoms with Gasteiger partial charge in [-0.2, -0.15) is 5.10 Å². The molecule has 8 nitrogen and oxygen atoms in total. The Kier molecular flexibility index (Phi) is 7.91. The normalized spacial score (nSPS) is 12.8. The highest BCUT2D eigenvalue weighted by Crippen LogP contribution is 2.33. The van der Waals surface area contributed by atoms with Gasteiger partial charge in [0, 0.05) is 21.9 Å². The summed E-state index contributed by atoms with van der Waals surface area (Å²) in [5.41, 5.74) is 4.41. The number of nitrogens with zero attached hydrogens (tertiary/aromatic N) is 1. The zero-order chi connectivity index (χ0) is 22.4. The van der Waals surface area contributed by atoms with Crippen LogP contribution in [0, 0.1) is 6.92 Å². The molecule has 1 aliphatic rings. The van der Waals surface area contributed by atoms with Crippen molar-refractivity contribution in [3.05, 3.63) is 44.8 Å². The molecular weight excluding hydrogens is 534 g/mol. The number of benzene rings is 2. The standard InChI is InChI=1S/C21H21Br2N3O5/c1-12-7-18(16(23)10-15(12)22)31-11-21(28)26-25-13(2)8-20(27)24-14-3-4-17-19(9-14)30-6-5-29-17/h3-4,7,9-10H,5-6,8,11H2,1-2H3,(H,24,27)(H,26,28)/b25-13-. The Labute approximate surface area is 196 Å². The SMILES string of the molecule is C/C(CC(=O)Nc1ccc2c(c1)OCCO2)=N/NC(=O)COc1cc(C)c(Br)cc1Br. The van der Waals surface area contributed by atoms with Crippen LogP contribution in [-0.4, -0.2) is 37.3 Å². The quantitative estimate of drug-likeness (QED) is 0.395. The van der Waals surface area contributed by atoms with E-state index < -0.39 is 5.91 Å². The number of carbonyl (C=O) groups is 2. The molecule has 0 aromatic heterocycles. The van der Waals surface area contributed by atoms with Gasteiger partial charge in [-0.15, -0.1) is 0 Å². The Hall–Kier alpha value is -2.59. The van der Waals surface area contributed by atoms with Crippen molar-refractivity contribution in [1.29, 1.82) is 0 Å². The van der Waals surface area contributed by atoms with Crippen LogP contribution in [0.2, 0.25) is 0 Å². The molecule has 0 fully saturated rings. The molecule has 0 aliphatic carbocycles. The van der Waals surface area contributed by atoms with Crippen LogP contribution < -0.4 is 25.0 Å². The zero-order valence-corrected chi connectivity index (χ0v) is 20.1. The number of anilines is 1. The lowest BCUT2D eigenvalue weighted by Gasteiger charge is -2.19. The Bertz CT molecular complexity index is 1030. The van der Waals surface area contributed by atoms with Crippen molar-refractivity contribution >= 4 is 55.1 Å². The number of nitrogens with one attached hydrogen (secondary N) is 2. The summed E-state index contributed by atoms with van der Waals surface area (Å²) >= 11 is 6.83. The number of aryl methyl sites for hydroxylation is 1. The smallest absolute Gasteiger partial charge is 0.277 e. The van der Waals surface area contributed by atoms with Gasteiger partial charge in [0.1, 0.15) is 19.0 Å². The Morgan fingerprint density at radius 3 is 2.58 bits per heavy atom. The third kappa shape index (κ3) is 6.70. The van der Waals surface area contributed by atoms with E-state index in [-0.39, 0.29) is 18.9 Å². The number of fused-ring (bicyclic) bond motifs is 1. The monoisotopic (exact) mass is 553 g/mol. The summed E-state index contributed by atoms with van der Waals surface area (Å²) in [6, 6.07) is 8.86. The lowest BCUT2D eigenvalue weighted by molar-refractivity contribution is -0.123. The molecule has 2 N–H and O–H groups in total. The lowest BCUT2D eigenvalue weighted by Crippen LogP contribution is -2.26. The fourth-order valence-corrected chi connectivity index (χ4v) is 3.78. The highest BCUT2D eigenvalue weighted by atomic mass is 79.9. The summed E-state index contributed by atoms with van der Waals surface area (Å²) in [5.74, 6) is 1.10. The topological polar surface area (TPSA) is 98.3 Å². The maximum absolute atomic E-state index is 12.2. The Balaban J connectivity index is 1.46. The van der Waals surface area contributed by atoms with Crippen molar-refractivity contribution in [2.45, 2.75) is 20.3 Å². The summed E-state index contributed by atoms with van der Waals surface area (Å²) in [4.78, 5) is 24.2. The minimum Gasteiger partial charge on any atom is -0.486 e. The van der Waals surface area contributed by atoms with E-state index in [0.29, 0.717) is 41.9 Å².